The van der Waals surface area contributed by atoms with Gasteiger partial charge in [-0.1, -0.05) is 47.5 Å². The fourth-order valence-electron chi connectivity index (χ4n) is 7.61. The maximum absolute atomic E-state index is 14.0. The highest BCUT2D eigenvalue weighted by molar-refractivity contribution is 5.95. The summed E-state index contributed by atoms with van der Waals surface area (Å²) in [7, 11) is 1.47. The highest BCUT2D eigenvalue weighted by Crippen LogP contribution is 2.47. The van der Waals surface area contributed by atoms with Gasteiger partial charge in [-0.2, -0.15) is 0 Å². The van der Waals surface area contributed by atoms with Gasteiger partial charge in [0.05, 0.1) is 29.8 Å². The van der Waals surface area contributed by atoms with Crippen LogP contribution in [0.25, 0.3) is 0 Å². The van der Waals surface area contributed by atoms with Crippen LogP contribution in [-0.4, -0.2) is 97.8 Å². The SMILES string of the molecule is C#CCO[C@@H]1[C@@H](C)[C@H](OC(=O)NCCCCN=C(N)NC(=O)NC)[C@@H](C)C(=O)O[C@H](CC)C(C)(C)[C@@H]2OC(C)(C)O[C@H]([C@@H]2C)[C@H](C)C[C@@]1(C)O. The lowest BCUT2D eigenvalue weighted by Crippen LogP contribution is -2.61. The quantitative estimate of drug-likeness (QED) is 0.0776. The van der Waals surface area contributed by atoms with Crippen molar-refractivity contribution in [2.45, 2.75) is 137 Å². The molecule has 2 saturated heterocycles. The number of cyclic esters (lactones) is 1. The molecule has 3 amide bonds. The summed E-state index contributed by atoms with van der Waals surface area (Å²) in [6.45, 7) is 19.5. The normalized spacial score (nSPS) is 34.7. The Labute approximate surface area is 298 Å². The van der Waals surface area contributed by atoms with E-state index in [1.165, 1.54) is 7.05 Å². The smallest absolute Gasteiger partial charge is 0.407 e. The number of aliphatic imine (C=N–C) groups is 1. The van der Waals surface area contributed by atoms with Crippen molar-refractivity contribution in [3.63, 3.8) is 0 Å². The molecule has 2 aliphatic heterocycles. The average molecular weight is 710 g/mol. The molecular weight excluding hydrogens is 646 g/mol. The van der Waals surface area contributed by atoms with Gasteiger partial charge >= 0.3 is 18.1 Å². The number of esters is 1. The van der Waals surface area contributed by atoms with Gasteiger partial charge in [-0.15, -0.1) is 6.42 Å². The molecule has 2 rings (SSSR count). The molecule has 2 heterocycles. The monoisotopic (exact) mass is 709 g/mol. The molecular formula is C36H63N5O9. The zero-order valence-corrected chi connectivity index (χ0v) is 32.0. The van der Waals surface area contributed by atoms with Crippen LogP contribution in [-0.2, 0) is 28.5 Å². The van der Waals surface area contributed by atoms with E-state index < -0.39 is 65.0 Å². The summed E-state index contributed by atoms with van der Waals surface area (Å²) in [6.07, 6.45) is 3.60. The van der Waals surface area contributed by atoms with Gasteiger partial charge in [0.25, 0.3) is 0 Å². The van der Waals surface area contributed by atoms with Gasteiger partial charge < -0.3 is 45.2 Å². The summed E-state index contributed by atoms with van der Waals surface area (Å²) in [4.78, 5) is 42.6. The number of hydrogen-bond donors (Lipinski definition) is 5. The van der Waals surface area contributed by atoms with Crippen molar-refractivity contribution in [1.29, 1.82) is 0 Å². The Hall–Kier alpha value is -3.12. The van der Waals surface area contributed by atoms with Crippen molar-refractivity contribution in [3.05, 3.63) is 0 Å². The molecule has 6 N–H and O–H groups in total. The van der Waals surface area contributed by atoms with Crippen LogP contribution in [0.5, 0.6) is 0 Å². The van der Waals surface area contributed by atoms with E-state index in [0.717, 1.165) is 0 Å². The van der Waals surface area contributed by atoms with E-state index in [4.69, 9.17) is 35.8 Å². The van der Waals surface area contributed by atoms with Gasteiger partial charge in [0, 0.05) is 37.4 Å². The number of nitrogens with zero attached hydrogens (tertiary/aromatic N) is 1. The zero-order chi connectivity index (χ0) is 38.0. The number of guanidine groups is 1. The number of nitrogens with one attached hydrogen (secondary N) is 3. The standard InChI is InChI=1S/C36H63N5O9/c1-13-19-46-29-23(5)27(48-33(44)40-18-16-15-17-39-31(37)41-32(43)38-12)24(6)30(42)47-25(14-2)34(7,8)28-22(4)26(49-35(9,10)50-28)21(3)20-36(29,11)45/h1,21-29,45H,14-20H2,2-12H3,(H,40,44)(H4,37,38,39,41,43)/t21-,22+,23+,24-,25-,26+,27+,28-,29-,36-/m1/s1. The number of amides is 3. The fraction of sp³-hybridized carbons (Fsp3) is 0.833. The Morgan fingerprint density at radius 2 is 1.76 bits per heavy atom. The topological polar surface area (TPSA) is 192 Å². The largest absolute Gasteiger partial charge is 0.461 e. The summed E-state index contributed by atoms with van der Waals surface area (Å²) < 4.78 is 31.4. The molecule has 14 nitrogen and oxygen atoms in total. The van der Waals surface area contributed by atoms with Crippen LogP contribution in [0, 0.1) is 41.4 Å². The van der Waals surface area contributed by atoms with Crippen LogP contribution in [0.4, 0.5) is 9.59 Å². The second kappa shape index (κ2) is 18.4. The van der Waals surface area contributed by atoms with Crippen molar-refractivity contribution in [3.8, 4) is 12.3 Å². The number of alkyl carbamates (subject to hydrolysis) is 1. The number of ether oxygens (including phenoxy) is 5. The number of carbonyl (C=O) groups is 3. The first kappa shape index (κ1) is 43.0. The zero-order valence-electron chi connectivity index (χ0n) is 32.0. The maximum Gasteiger partial charge on any atom is 0.407 e. The molecule has 0 aromatic carbocycles. The van der Waals surface area contributed by atoms with Crippen LogP contribution in [0.15, 0.2) is 4.99 Å². The van der Waals surface area contributed by atoms with Crippen LogP contribution in [0.3, 0.4) is 0 Å². The number of hydrogen-bond acceptors (Lipinski definition) is 10. The molecule has 14 heteroatoms. The van der Waals surface area contributed by atoms with E-state index in [1.807, 2.05) is 41.5 Å². The Balaban J connectivity index is 2.41. The highest BCUT2D eigenvalue weighted by Gasteiger charge is 2.54. The second-order valence-corrected chi connectivity index (χ2v) is 15.1. The van der Waals surface area contributed by atoms with E-state index in [-0.39, 0.29) is 49.6 Å². The van der Waals surface area contributed by atoms with Gasteiger partial charge in [-0.3, -0.25) is 15.1 Å². The number of aliphatic hydroxyl groups is 1. The molecule has 0 aromatic rings. The summed E-state index contributed by atoms with van der Waals surface area (Å²) in [5.41, 5.74) is 3.58. The summed E-state index contributed by atoms with van der Waals surface area (Å²) in [5, 5.41) is 19.6. The second-order valence-electron chi connectivity index (χ2n) is 15.1. The minimum atomic E-state index is -1.47. The molecule has 0 radical (unpaired) electrons. The number of carbonyl (C=O) groups excluding carboxylic acids is 3. The van der Waals surface area contributed by atoms with Crippen molar-refractivity contribution < 1.29 is 43.2 Å². The summed E-state index contributed by atoms with van der Waals surface area (Å²) in [6, 6.07) is -0.470. The van der Waals surface area contributed by atoms with E-state index in [9.17, 15) is 19.5 Å². The average Bonchev–Trinajstić information content (AvgIpc) is 3.03. The van der Waals surface area contributed by atoms with Gasteiger partial charge in [0.2, 0.25) is 0 Å². The molecule has 2 fully saturated rings. The summed E-state index contributed by atoms with van der Waals surface area (Å²) in [5.74, 6) is -0.902. The highest BCUT2D eigenvalue weighted by atomic mass is 16.7. The third-order valence-electron chi connectivity index (χ3n) is 9.98. The number of unbranched alkanes of at least 4 members (excludes halogenated alkanes) is 1. The van der Waals surface area contributed by atoms with Crippen molar-refractivity contribution in [2.24, 2.45) is 39.8 Å². The molecule has 50 heavy (non-hydrogen) atoms. The molecule has 0 aliphatic carbocycles. The Morgan fingerprint density at radius 1 is 1.10 bits per heavy atom. The lowest BCUT2D eigenvalue weighted by atomic mass is 9.69. The van der Waals surface area contributed by atoms with Gasteiger partial charge in [-0.25, -0.2) is 9.59 Å². The molecule has 0 saturated carbocycles. The minimum absolute atomic E-state index is 0.0115. The van der Waals surface area contributed by atoms with Crippen LogP contribution >= 0.6 is 0 Å². The van der Waals surface area contributed by atoms with Gasteiger partial charge in [-0.05, 0) is 59.3 Å². The van der Waals surface area contributed by atoms with Crippen molar-refractivity contribution in [2.75, 3.05) is 26.7 Å². The lowest BCUT2D eigenvalue weighted by molar-refractivity contribution is -0.350. The Kier molecular flexibility index (Phi) is 15.8. The molecule has 0 unspecified atom stereocenters. The van der Waals surface area contributed by atoms with Crippen LogP contribution < -0.4 is 21.7 Å². The number of urea groups is 1. The first-order valence-electron chi connectivity index (χ1n) is 17.8. The van der Waals surface area contributed by atoms with Crippen LogP contribution in [0.1, 0.15) is 94.9 Å². The molecule has 10 atom stereocenters. The third kappa shape index (κ3) is 11.4. The summed E-state index contributed by atoms with van der Waals surface area (Å²) >= 11 is 0. The van der Waals surface area contributed by atoms with E-state index in [1.54, 1.807) is 20.8 Å². The number of terminal acetylenes is 1. The number of rotatable bonds is 9. The molecule has 0 aromatic heterocycles. The predicted molar refractivity (Wildman–Crippen MR) is 190 cm³/mol. The third-order valence-corrected chi connectivity index (χ3v) is 9.98. The number of fused-ring (bicyclic) bond motifs is 2. The van der Waals surface area contributed by atoms with Crippen LogP contribution in [0.2, 0.25) is 0 Å². The fourth-order valence-corrected chi connectivity index (χ4v) is 7.61. The Morgan fingerprint density at radius 3 is 2.36 bits per heavy atom. The minimum Gasteiger partial charge on any atom is -0.461 e. The molecule has 0 spiro atoms. The van der Waals surface area contributed by atoms with Crippen molar-refractivity contribution >= 4 is 24.1 Å². The molecule has 2 aliphatic rings. The van der Waals surface area contributed by atoms with Gasteiger partial charge in [0.15, 0.2) is 11.7 Å². The lowest BCUT2D eigenvalue weighted by Gasteiger charge is -2.54. The molecule has 286 valence electrons. The van der Waals surface area contributed by atoms with Gasteiger partial charge in [0.1, 0.15) is 18.8 Å². The first-order valence-corrected chi connectivity index (χ1v) is 17.8. The van der Waals surface area contributed by atoms with E-state index in [2.05, 4.69) is 33.8 Å². The predicted octanol–water partition coefficient (Wildman–Crippen LogP) is 3.69. The first-order chi connectivity index (χ1) is 23.2. The van der Waals surface area contributed by atoms with Crippen molar-refractivity contribution in [1.82, 2.24) is 16.0 Å². The van der Waals surface area contributed by atoms with E-state index >= 15 is 0 Å². The Bertz CT molecular complexity index is 1220. The number of nitrogens with two attached hydrogens (primary N) is 1. The maximum atomic E-state index is 14.0. The van der Waals surface area contributed by atoms with E-state index in [0.29, 0.717) is 25.8 Å². The molecule has 2 bridgehead atoms.